The van der Waals surface area contributed by atoms with E-state index in [1.165, 1.54) is 5.56 Å². The Labute approximate surface area is 135 Å². The molecule has 2 aromatic rings. The Morgan fingerprint density at radius 1 is 1.18 bits per heavy atom. The van der Waals surface area contributed by atoms with Gasteiger partial charge in [0.25, 0.3) is 0 Å². The lowest BCUT2D eigenvalue weighted by Gasteiger charge is -2.07. The van der Waals surface area contributed by atoms with Gasteiger partial charge in [0.1, 0.15) is 5.75 Å². The van der Waals surface area contributed by atoms with Gasteiger partial charge in [0.2, 0.25) is 0 Å². The van der Waals surface area contributed by atoms with E-state index in [2.05, 4.69) is 13.0 Å². The predicted octanol–water partition coefficient (Wildman–Crippen LogP) is 4.40. The van der Waals surface area contributed by atoms with Crippen LogP contribution in [0.4, 0.5) is 0 Å². The number of thioether (sulfide) groups is 1. The second-order valence-electron chi connectivity index (χ2n) is 5.07. The molecule has 0 bridgehead atoms. The zero-order valence-electron chi connectivity index (χ0n) is 12.6. The highest BCUT2D eigenvalue weighted by Crippen LogP contribution is 2.16. The summed E-state index contributed by atoms with van der Waals surface area (Å²) >= 11 is 1.83. The minimum absolute atomic E-state index is 0.334. The molecule has 0 aromatic heterocycles. The molecule has 0 aliphatic heterocycles. The second-order valence-corrected chi connectivity index (χ2v) is 6.18. The van der Waals surface area contributed by atoms with E-state index in [1.54, 1.807) is 12.1 Å². The smallest absolute Gasteiger partial charge is 0.335 e. The summed E-state index contributed by atoms with van der Waals surface area (Å²) in [6.07, 6.45) is 0.992. The van der Waals surface area contributed by atoms with Gasteiger partial charge in [0, 0.05) is 5.75 Å². The van der Waals surface area contributed by atoms with Crippen molar-refractivity contribution in [3.8, 4) is 5.75 Å². The molecule has 2 rings (SSSR count). The van der Waals surface area contributed by atoms with Crippen LogP contribution in [0.25, 0.3) is 0 Å². The van der Waals surface area contributed by atoms with Gasteiger partial charge in [-0.05, 0) is 54.5 Å². The minimum atomic E-state index is -0.882. The maximum absolute atomic E-state index is 10.8. The van der Waals surface area contributed by atoms with Crippen LogP contribution in [-0.4, -0.2) is 23.4 Å². The van der Waals surface area contributed by atoms with Gasteiger partial charge in [0.05, 0.1) is 12.2 Å². The third kappa shape index (κ3) is 5.45. The number of hydrogen-bond donors (Lipinski definition) is 1. The lowest BCUT2D eigenvalue weighted by molar-refractivity contribution is 0.0697. The largest absolute Gasteiger partial charge is 0.494 e. The molecular formula is C18H20O3S. The molecule has 0 unspecified atom stereocenters. The van der Waals surface area contributed by atoms with Crippen LogP contribution in [0.15, 0.2) is 48.5 Å². The van der Waals surface area contributed by atoms with E-state index in [1.807, 2.05) is 42.1 Å². The van der Waals surface area contributed by atoms with E-state index in [0.29, 0.717) is 12.2 Å². The molecule has 0 fully saturated rings. The summed E-state index contributed by atoms with van der Waals surface area (Å²) < 4.78 is 5.70. The van der Waals surface area contributed by atoms with Crippen molar-refractivity contribution in [2.24, 2.45) is 0 Å². The first-order valence-electron chi connectivity index (χ1n) is 7.24. The highest BCUT2D eigenvalue weighted by molar-refractivity contribution is 7.98. The van der Waals surface area contributed by atoms with E-state index in [9.17, 15) is 4.79 Å². The molecule has 0 radical (unpaired) electrons. The molecule has 0 saturated heterocycles. The van der Waals surface area contributed by atoms with E-state index in [0.717, 1.165) is 29.2 Å². The molecule has 116 valence electrons. The molecule has 22 heavy (non-hydrogen) atoms. The molecule has 0 atom stereocenters. The summed E-state index contributed by atoms with van der Waals surface area (Å²) in [4.78, 5) is 10.8. The van der Waals surface area contributed by atoms with Crippen molar-refractivity contribution in [2.45, 2.75) is 19.1 Å². The number of carboxylic acids is 1. The van der Waals surface area contributed by atoms with Crippen LogP contribution in [0, 0.1) is 6.92 Å². The zero-order chi connectivity index (χ0) is 15.8. The van der Waals surface area contributed by atoms with E-state index in [4.69, 9.17) is 9.84 Å². The molecular weight excluding hydrogens is 296 g/mol. The fourth-order valence-corrected chi connectivity index (χ4v) is 2.88. The van der Waals surface area contributed by atoms with E-state index >= 15 is 0 Å². The van der Waals surface area contributed by atoms with Gasteiger partial charge >= 0.3 is 5.97 Å². The van der Waals surface area contributed by atoms with Crippen molar-refractivity contribution in [2.75, 3.05) is 12.4 Å². The summed E-state index contributed by atoms with van der Waals surface area (Å²) in [5.74, 6) is 1.96. The van der Waals surface area contributed by atoms with Crippen LogP contribution in [0.3, 0.4) is 0 Å². The van der Waals surface area contributed by atoms with Crippen molar-refractivity contribution < 1.29 is 14.6 Å². The van der Waals surface area contributed by atoms with Crippen LogP contribution >= 0.6 is 11.8 Å². The summed E-state index contributed by atoms with van der Waals surface area (Å²) in [6.45, 7) is 2.77. The number of rotatable bonds is 8. The average molecular weight is 316 g/mol. The van der Waals surface area contributed by atoms with Crippen molar-refractivity contribution in [1.82, 2.24) is 0 Å². The quantitative estimate of drug-likeness (QED) is 0.733. The Bertz CT molecular complexity index is 608. The molecule has 0 amide bonds. The van der Waals surface area contributed by atoms with Crippen molar-refractivity contribution >= 4 is 17.7 Å². The second kappa shape index (κ2) is 8.49. The van der Waals surface area contributed by atoms with E-state index < -0.39 is 5.97 Å². The predicted molar refractivity (Wildman–Crippen MR) is 90.9 cm³/mol. The standard InChI is InChI=1S/C18H20O3S/c1-14-4-2-5-17(12-14)21-10-3-11-22-13-15-6-8-16(9-7-15)18(19)20/h2,4-9,12H,3,10-11,13H2,1H3,(H,19,20). The molecule has 2 aromatic carbocycles. The summed E-state index contributed by atoms with van der Waals surface area (Å²) in [5.41, 5.74) is 2.69. The Morgan fingerprint density at radius 3 is 2.64 bits per heavy atom. The Hall–Kier alpha value is -1.94. The Morgan fingerprint density at radius 2 is 1.95 bits per heavy atom. The van der Waals surface area contributed by atoms with Gasteiger partial charge in [-0.25, -0.2) is 4.79 Å². The van der Waals surface area contributed by atoms with Crippen LogP contribution < -0.4 is 4.74 Å². The zero-order valence-corrected chi connectivity index (χ0v) is 13.4. The molecule has 0 spiro atoms. The maximum atomic E-state index is 10.8. The molecule has 0 heterocycles. The van der Waals surface area contributed by atoms with E-state index in [-0.39, 0.29) is 0 Å². The van der Waals surface area contributed by atoms with Gasteiger partial charge in [-0.3, -0.25) is 0 Å². The normalized spacial score (nSPS) is 10.4. The third-order valence-corrected chi connectivity index (χ3v) is 4.28. The molecule has 0 aliphatic carbocycles. The highest BCUT2D eigenvalue weighted by atomic mass is 32.2. The molecule has 3 nitrogen and oxygen atoms in total. The average Bonchev–Trinajstić information content (AvgIpc) is 2.51. The maximum Gasteiger partial charge on any atom is 0.335 e. The Balaban J connectivity index is 1.62. The Kier molecular flexibility index (Phi) is 6.34. The van der Waals surface area contributed by atoms with Gasteiger partial charge < -0.3 is 9.84 Å². The van der Waals surface area contributed by atoms with Gasteiger partial charge in [0.15, 0.2) is 0 Å². The number of carbonyl (C=O) groups is 1. The van der Waals surface area contributed by atoms with Crippen LogP contribution in [-0.2, 0) is 5.75 Å². The minimum Gasteiger partial charge on any atom is -0.494 e. The number of benzene rings is 2. The fourth-order valence-electron chi connectivity index (χ4n) is 1.99. The number of aromatic carboxylic acids is 1. The first kappa shape index (κ1) is 16.4. The van der Waals surface area contributed by atoms with Crippen LogP contribution in [0.2, 0.25) is 0 Å². The van der Waals surface area contributed by atoms with Gasteiger partial charge in [-0.1, -0.05) is 24.3 Å². The fraction of sp³-hybridized carbons (Fsp3) is 0.278. The number of carboxylic acid groups (broad SMARTS) is 1. The highest BCUT2D eigenvalue weighted by Gasteiger charge is 2.01. The summed E-state index contributed by atoms with van der Waals surface area (Å²) in [5, 5.41) is 8.84. The third-order valence-electron chi connectivity index (χ3n) is 3.16. The number of ether oxygens (including phenoxy) is 1. The van der Waals surface area contributed by atoms with Crippen LogP contribution in [0.1, 0.15) is 27.9 Å². The van der Waals surface area contributed by atoms with Crippen molar-refractivity contribution in [1.29, 1.82) is 0 Å². The summed E-state index contributed by atoms with van der Waals surface area (Å²) in [7, 11) is 0. The first-order chi connectivity index (χ1) is 10.6. The first-order valence-corrected chi connectivity index (χ1v) is 8.40. The molecule has 1 N–H and O–H groups in total. The molecule has 4 heteroatoms. The van der Waals surface area contributed by atoms with Crippen molar-refractivity contribution in [3.63, 3.8) is 0 Å². The molecule has 0 aliphatic rings. The van der Waals surface area contributed by atoms with Gasteiger partial charge in [-0.15, -0.1) is 0 Å². The SMILES string of the molecule is Cc1cccc(OCCCSCc2ccc(C(=O)O)cc2)c1. The van der Waals surface area contributed by atoms with Gasteiger partial charge in [-0.2, -0.15) is 11.8 Å². The van der Waals surface area contributed by atoms with Crippen LogP contribution in [0.5, 0.6) is 5.75 Å². The summed E-state index contributed by atoms with van der Waals surface area (Å²) in [6, 6.07) is 15.1. The lowest BCUT2D eigenvalue weighted by atomic mass is 10.1. The lowest BCUT2D eigenvalue weighted by Crippen LogP contribution is -1.99. The topological polar surface area (TPSA) is 46.5 Å². The molecule has 0 saturated carbocycles. The number of hydrogen-bond acceptors (Lipinski definition) is 3. The monoisotopic (exact) mass is 316 g/mol. The van der Waals surface area contributed by atoms with Crippen molar-refractivity contribution in [3.05, 3.63) is 65.2 Å². The number of aryl methyl sites for hydroxylation is 1.